The molecule has 1 amide bonds. The number of hydrogen-bond acceptors (Lipinski definition) is 3. The largest absolute Gasteiger partial charge is 0.481 e. The van der Waals surface area contributed by atoms with Gasteiger partial charge in [0.25, 0.3) is 0 Å². The predicted molar refractivity (Wildman–Crippen MR) is 89.1 cm³/mol. The second-order valence-corrected chi connectivity index (χ2v) is 5.88. The molecular formula is C14H17Cl3N2O3. The van der Waals surface area contributed by atoms with Crippen molar-refractivity contribution in [2.75, 3.05) is 25.0 Å². The number of halogens is 3. The van der Waals surface area contributed by atoms with Gasteiger partial charge >= 0.3 is 5.97 Å². The number of carboxylic acids is 1. The lowest BCUT2D eigenvalue weighted by molar-refractivity contribution is -0.143. The van der Waals surface area contributed by atoms with E-state index in [1.807, 2.05) is 4.90 Å². The van der Waals surface area contributed by atoms with Crippen LogP contribution in [0.5, 0.6) is 0 Å². The molecule has 122 valence electrons. The Kier molecular flexibility index (Phi) is 7.42. The van der Waals surface area contributed by atoms with Crippen LogP contribution < -0.4 is 5.32 Å². The van der Waals surface area contributed by atoms with Gasteiger partial charge in [-0.1, -0.05) is 23.2 Å². The molecule has 0 unspecified atom stereocenters. The van der Waals surface area contributed by atoms with Gasteiger partial charge in [0.2, 0.25) is 5.91 Å². The third-order valence-corrected chi connectivity index (χ3v) is 4.25. The molecule has 1 aliphatic rings. The second-order valence-electron chi connectivity index (χ2n) is 5.07. The molecule has 0 bridgehead atoms. The molecule has 1 heterocycles. The number of benzene rings is 1. The summed E-state index contributed by atoms with van der Waals surface area (Å²) >= 11 is 11.7. The maximum absolute atomic E-state index is 11.9. The molecule has 1 aromatic rings. The van der Waals surface area contributed by atoms with Crippen molar-refractivity contribution < 1.29 is 14.7 Å². The van der Waals surface area contributed by atoms with E-state index < -0.39 is 5.97 Å². The molecule has 0 radical (unpaired) electrons. The van der Waals surface area contributed by atoms with Crippen LogP contribution in [0.2, 0.25) is 10.0 Å². The Morgan fingerprint density at radius 1 is 1.23 bits per heavy atom. The number of amides is 1. The molecule has 1 saturated heterocycles. The second kappa shape index (κ2) is 8.58. The Balaban J connectivity index is 0.00000242. The van der Waals surface area contributed by atoms with Crippen molar-refractivity contribution in [1.82, 2.24) is 4.90 Å². The highest BCUT2D eigenvalue weighted by molar-refractivity contribution is 6.42. The van der Waals surface area contributed by atoms with Crippen molar-refractivity contribution in [3.63, 3.8) is 0 Å². The van der Waals surface area contributed by atoms with Crippen LogP contribution in [0.3, 0.4) is 0 Å². The summed E-state index contributed by atoms with van der Waals surface area (Å²) in [6, 6.07) is 4.90. The molecule has 0 spiro atoms. The average Bonchev–Trinajstić information content (AvgIpc) is 2.43. The van der Waals surface area contributed by atoms with Crippen LogP contribution >= 0.6 is 35.6 Å². The lowest BCUT2D eigenvalue weighted by Gasteiger charge is -2.29. The topological polar surface area (TPSA) is 69.6 Å². The fourth-order valence-electron chi connectivity index (χ4n) is 2.32. The van der Waals surface area contributed by atoms with E-state index in [0.29, 0.717) is 41.7 Å². The number of anilines is 1. The molecule has 22 heavy (non-hydrogen) atoms. The third kappa shape index (κ3) is 5.32. The van der Waals surface area contributed by atoms with Gasteiger partial charge in [0.1, 0.15) is 0 Å². The quantitative estimate of drug-likeness (QED) is 0.857. The molecule has 5 nitrogen and oxygen atoms in total. The van der Waals surface area contributed by atoms with Crippen molar-refractivity contribution in [2.24, 2.45) is 5.92 Å². The molecule has 2 N–H and O–H groups in total. The highest BCUT2D eigenvalue weighted by Crippen LogP contribution is 2.25. The molecule has 0 aliphatic carbocycles. The van der Waals surface area contributed by atoms with Crippen molar-refractivity contribution in [3.8, 4) is 0 Å². The van der Waals surface area contributed by atoms with Crippen molar-refractivity contribution in [1.29, 1.82) is 0 Å². The van der Waals surface area contributed by atoms with Gasteiger partial charge in [0.05, 0.1) is 22.5 Å². The number of carbonyl (C=O) groups is 2. The zero-order chi connectivity index (χ0) is 15.4. The summed E-state index contributed by atoms with van der Waals surface area (Å²) in [6.45, 7) is 1.48. The third-order valence-electron chi connectivity index (χ3n) is 3.51. The Hall–Kier alpha value is -1.01. The summed E-state index contributed by atoms with van der Waals surface area (Å²) in [6.07, 6.45) is 1.16. The number of hydrogen-bond donors (Lipinski definition) is 2. The van der Waals surface area contributed by atoms with Crippen LogP contribution in [0, 0.1) is 5.92 Å². The molecule has 8 heteroatoms. The lowest BCUT2D eigenvalue weighted by atomic mass is 9.97. The van der Waals surface area contributed by atoms with E-state index >= 15 is 0 Å². The Morgan fingerprint density at radius 3 is 2.41 bits per heavy atom. The minimum absolute atomic E-state index is 0. The van der Waals surface area contributed by atoms with Crippen LogP contribution in [-0.2, 0) is 9.59 Å². The van der Waals surface area contributed by atoms with E-state index in [4.69, 9.17) is 28.3 Å². The summed E-state index contributed by atoms with van der Waals surface area (Å²) in [7, 11) is 0. The zero-order valence-corrected chi connectivity index (χ0v) is 14.0. The molecule has 1 aromatic carbocycles. The van der Waals surface area contributed by atoms with Gasteiger partial charge in [0, 0.05) is 5.69 Å². The highest BCUT2D eigenvalue weighted by atomic mass is 35.5. The minimum atomic E-state index is -0.755. The Labute approximate surface area is 145 Å². The van der Waals surface area contributed by atoms with Crippen molar-refractivity contribution >= 4 is 53.2 Å². The smallest absolute Gasteiger partial charge is 0.306 e. The summed E-state index contributed by atoms with van der Waals surface area (Å²) in [4.78, 5) is 24.8. The van der Waals surface area contributed by atoms with Crippen molar-refractivity contribution in [2.45, 2.75) is 12.8 Å². The first-order valence-corrected chi connectivity index (χ1v) is 7.41. The van der Waals surface area contributed by atoms with E-state index in [1.54, 1.807) is 18.2 Å². The number of carboxylic acid groups (broad SMARTS) is 1. The number of nitrogens with zero attached hydrogens (tertiary/aromatic N) is 1. The Morgan fingerprint density at radius 2 is 1.86 bits per heavy atom. The van der Waals surface area contributed by atoms with Gasteiger partial charge in [-0.2, -0.15) is 0 Å². The maximum atomic E-state index is 11.9. The number of aliphatic carboxylic acids is 1. The van der Waals surface area contributed by atoms with Gasteiger partial charge in [-0.15, -0.1) is 12.4 Å². The molecule has 0 saturated carbocycles. The normalized spacial score (nSPS) is 15.9. The molecule has 1 fully saturated rings. The summed E-state index contributed by atoms with van der Waals surface area (Å²) in [5.74, 6) is -1.20. The number of carbonyl (C=O) groups excluding carboxylic acids is 1. The molecule has 0 aromatic heterocycles. The zero-order valence-electron chi connectivity index (χ0n) is 11.7. The molecule has 1 aliphatic heterocycles. The summed E-state index contributed by atoms with van der Waals surface area (Å²) in [5, 5.41) is 12.5. The first kappa shape index (κ1) is 19.0. The summed E-state index contributed by atoms with van der Waals surface area (Å²) in [5.41, 5.74) is 0.592. The van der Waals surface area contributed by atoms with Crippen LogP contribution in [0.1, 0.15) is 12.8 Å². The number of nitrogens with one attached hydrogen (secondary N) is 1. The van der Waals surface area contributed by atoms with Crippen LogP contribution in [0.4, 0.5) is 5.69 Å². The van der Waals surface area contributed by atoms with Gasteiger partial charge in [0.15, 0.2) is 0 Å². The van der Waals surface area contributed by atoms with Gasteiger partial charge in [-0.25, -0.2) is 0 Å². The predicted octanol–water partition coefficient (Wildman–Crippen LogP) is 3.15. The van der Waals surface area contributed by atoms with Crippen LogP contribution in [-0.4, -0.2) is 41.5 Å². The molecular weight excluding hydrogens is 351 g/mol. The average molecular weight is 368 g/mol. The molecule has 0 atom stereocenters. The SMILES string of the molecule is Cl.O=C(CN1CCC(C(=O)O)CC1)Nc1ccc(Cl)c(Cl)c1. The first-order chi connectivity index (χ1) is 9.95. The Bertz CT molecular complexity index is 546. The van der Waals surface area contributed by atoms with E-state index in [9.17, 15) is 9.59 Å². The number of rotatable bonds is 4. The number of piperidine rings is 1. The monoisotopic (exact) mass is 366 g/mol. The fourth-order valence-corrected chi connectivity index (χ4v) is 2.61. The van der Waals surface area contributed by atoms with E-state index in [1.165, 1.54) is 0 Å². The van der Waals surface area contributed by atoms with E-state index in [-0.39, 0.29) is 30.8 Å². The lowest BCUT2D eigenvalue weighted by Crippen LogP contribution is -2.40. The van der Waals surface area contributed by atoms with E-state index in [2.05, 4.69) is 5.32 Å². The first-order valence-electron chi connectivity index (χ1n) is 6.66. The fraction of sp³-hybridized carbons (Fsp3) is 0.429. The van der Waals surface area contributed by atoms with Gasteiger partial charge in [-0.3, -0.25) is 14.5 Å². The summed E-state index contributed by atoms with van der Waals surface area (Å²) < 4.78 is 0. The van der Waals surface area contributed by atoms with Gasteiger partial charge < -0.3 is 10.4 Å². The van der Waals surface area contributed by atoms with Crippen LogP contribution in [0.25, 0.3) is 0 Å². The van der Waals surface area contributed by atoms with Gasteiger partial charge in [-0.05, 0) is 44.1 Å². The number of likely N-dealkylation sites (tertiary alicyclic amines) is 1. The maximum Gasteiger partial charge on any atom is 0.306 e. The highest BCUT2D eigenvalue weighted by Gasteiger charge is 2.25. The minimum Gasteiger partial charge on any atom is -0.481 e. The standard InChI is InChI=1S/C14H16Cl2N2O3.ClH/c15-11-2-1-10(7-12(11)16)17-13(19)8-18-5-3-9(4-6-18)14(20)21;/h1-2,7,9H,3-6,8H2,(H,17,19)(H,20,21);1H. The van der Waals surface area contributed by atoms with E-state index in [0.717, 1.165) is 0 Å². The van der Waals surface area contributed by atoms with Crippen LogP contribution in [0.15, 0.2) is 18.2 Å². The molecule has 2 rings (SSSR count). The van der Waals surface area contributed by atoms with Crippen molar-refractivity contribution in [3.05, 3.63) is 28.2 Å².